The molecule has 1 aliphatic rings. The number of benzene rings is 1. The third kappa shape index (κ3) is 5.17. The van der Waals surface area contributed by atoms with Crippen molar-refractivity contribution in [2.75, 3.05) is 33.3 Å². The van der Waals surface area contributed by atoms with Crippen LogP contribution in [-0.4, -0.2) is 38.2 Å². The van der Waals surface area contributed by atoms with E-state index in [1.165, 1.54) is 31.4 Å². The Morgan fingerprint density at radius 2 is 2.29 bits per heavy atom. The van der Waals surface area contributed by atoms with E-state index in [2.05, 4.69) is 17.1 Å². The van der Waals surface area contributed by atoms with Crippen LogP contribution in [0.5, 0.6) is 5.75 Å². The summed E-state index contributed by atoms with van der Waals surface area (Å²) in [6, 6.07) is 5.88. The molecule has 0 saturated carbocycles. The predicted molar refractivity (Wildman–Crippen MR) is 89.2 cm³/mol. The van der Waals surface area contributed by atoms with Crippen molar-refractivity contribution in [1.29, 1.82) is 0 Å². The number of halogens is 1. The van der Waals surface area contributed by atoms with Crippen molar-refractivity contribution in [3.63, 3.8) is 0 Å². The van der Waals surface area contributed by atoms with E-state index >= 15 is 0 Å². The van der Waals surface area contributed by atoms with E-state index < -0.39 is 0 Å². The standard InChI is InChI=1S/C17H27ClN2O/c1-3-9-20(12-14-5-4-8-19-11-14)13-15-10-16(18)6-7-17(15)21-2/h6-7,10,14,19H,3-5,8-9,11-13H2,1-2H3. The fraction of sp³-hybridized carbons (Fsp3) is 0.647. The molecule has 1 aromatic carbocycles. The summed E-state index contributed by atoms with van der Waals surface area (Å²) >= 11 is 6.14. The smallest absolute Gasteiger partial charge is 0.123 e. The van der Waals surface area contributed by atoms with Gasteiger partial charge in [-0.2, -0.15) is 0 Å². The molecule has 1 saturated heterocycles. The zero-order valence-electron chi connectivity index (χ0n) is 13.2. The molecule has 2 rings (SSSR count). The van der Waals surface area contributed by atoms with E-state index in [0.717, 1.165) is 42.9 Å². The van der Waals surface area contributed by atoms with Gasteiger partial charge in [-0.15, -0.1) is 0 Å². The second-order valence-electron chi connectivity index (χ2n) is 5.90. The van der Waals surface area contributed by atoms with Gasteiger partial charge >= 0.3 is 0 Å². The van der Waals surface area contributed by atoms with Gasteiger partial charge in [0.25, 0.3) is 0 Å². The highest BCUT2D eigenvalue weighted by Crippen LogP contribution is 2.25. The molecule has 0 amide bonds. The van der Waals surface area contributed by atoms with Crippen molar-refractivity contribution < 1.29 is 4.74 Å². The summed E-state index contributed by atoms with van der Waals surface area (Å²) in [6.07, 6.45) is 3.80. The van der Waals surface area contributed by atoms with Gasteiger partial charge in [-0.3, -0.25) is 4.90 Å². The number of nitrogens with one attached hydrogen (secondary N) is 1. The Labute approximate surface area is 133 Å². The molecule has 1 heterocycles. The second-order valence-corrected chi connectivity index (χ2v) is 6.34. The van der Waals surface area contributed by atoms with Crippen LogP contribution in [0, 0.1) is 5.92 Å². The number of nitrogens with zero attached hydrogens (tertiary/aromatic N) is 1. The van der Waals surface area contributed by atoms with Crippen LogP contribution >= 0.6 is 11.6 Å². The zero-order valence-corrected chi connectivity index (χ0v) is 14.0. The second kappa shape index (κ2) is 8.62. The van der Waals surface area contributed by atoms with Crippen LogP contribution in [0.4, 0.5) is 0 Å². The maximum atomic E-state index is 6.14. The van der Waals surface area contributed by atoms with Gasteiger partial charge in [-0.25, -0.2) is 0 Å². The van der Waals surface area contributed by atoms with E-state index in [0.29, 0.717) is 0 Å². The molecule has 0 radical (unpaired) electrons. The Bertz CT molecular complexity index is 433. The average molecular weight is 311 g/mol. The number of methoxy groups -OCH3 is 1. The van der Waals surface area contributed by atoms with Crippen LogP contribution < -0.4 is 10.1 Å². The normalized spacial score (nSPS) is 19.0. The first-order chi connectivity index (χ1) is 10.2. The van der Waals surface area contributed by atoms with Crippen LogP contribution in [0.25, 0.3) is 0 Å². The van der Waals surface area contributed by atoms with Gasteiger partial charge in [-0.1, -0.05) is 18.5 Å². The lowest BCUT2D eigenvalue weighted by molar-refractivity contribution is 0.199. The third-order valence-electron chi connectivity index (χ3n) is 4.09. The van der Waals surface area contributed by atoms with E-state index in [9.17, 15) is 0 Å². The van der Waals surface area contributed by atoms with Gasteiger partial charge in [0, 0.05) is 23.7 Å². The highest BCUT2D eigenvalue weighted by molar-refractivity contribution is 6.30. The number of hydrogen-bond acceptors (Lipinski definition) is 3. The maximum absolute atomic E-state index is 6.14. The van der Waals surface area contributed by atoms with Gasteiger partial charge in [0.05, 0.1) is 7.11 Å². The van der Waals surface area contributed by atoms with E-state index in [4.69, 9.17) is 16.3 Å². The van der Waals surface area contributed by atoms with Crippen molar-refractivity contribution in [3.05, 3.63) is 28.8 Å². The van der Waals surface area contributed by atoms with Gasteiger partial charge in [0.1, 0.15) is 5.75 Å². The third-order valence-corrected chi connectivity index (χ3v) is 4.33. The predicted octanol–water partition coefficient (Wildman–Crippen LogP) is 3.56. The molecule has 0 spiro atoms. The van der Waals surface area contributed by atoms with Crippen LogP contribution in [-0.2, 0) is 6.54 Å². The van der Waals surface area contributed by atoms with Crippen molar-refractivity contribution >= 4 is 11.6 Å². The lowest BCUT2D eigenvalue weighted by Gasteiger charge is -2.30. The largest absolute Gasteiger partial charge is 0.496 e. The topological polar surface area (TPSA) is 24.5 Å². The van der Waals surface area contributed by atoms with Crippen LogP contribution in [0.3, 0.4) is 0 Å². The Morgan fingerprint density at radius 3 is 2.95 bits per heavy atom. The summed E-state index contributed by atoms with van der Waals surface area (Å²) in [5.74, 6) is 1.69. The van der Waals surface area contributed by atoms with E-state index in [1.54, 1.807) is 7.11 Å². The van der Waals surface area contributed by atoms with Crippen molar-refractivity contribution in [1.82, 2.24) is 10.2 Å². The molecule has 0 aliphatic carbocycles. The Morgan fingerprint density at radius 1 is 1.43 bits per heavy atom. The Balaban J connectivity index is 2.02. The first kappa shape index (κ1) is 16.6. The van der Waals surface area contributed by atoms with Gasteiger partial charge in [0.15, 0.2) is 0 Å². The van der Waals surface area contributed by atoms with Crippen LogP contribution in [0.2, 0.25) is 5.02 Å². The quantitative estimate of drug-likeness (QED) is 0.833. The summed E-state index contributed by atoms with van der Waals surface area (Å²) in [5, 5.41) is 4.28. The molecule has 1 aromatic rings. The first-order valence-electron chi connectivity index (χ1n) is 7.98. The molecule has 1 unspecified atom stereocenters. The minimum Gasteiger partial charge on any atom is -0.496 e. The van der Waals surface area contributed by atoms with E-state index in [-0.39, 0.29) is 0 Å². The number of ether oxygens (including phenoxy) is 1. The summed E-state index contributed by atoms with van der Waals surface area (Å²) < 4.78 is 5.47. The van der Waals surface area contributed by atoms with Crippen LogP contribution in [0.15, 0.2) is 18.2 Å². The minimum absolute atomic E-state index is 0.760. The molecule has 1 aliphatic heterocycles. The summed E-state index contributed by atoms with van der Waals surface area (Å²) in [7, 11) is 1.72. The number of hydrogen-bond donors (Lipinski definition) is 1. The highest BCUT2D eigenvalue weighted by atomic mass is 35.5. The molecule has 0 bridgehead atoms. The summed E-state index contributed by atoms with van der Waals surface area (Å²) in [5.41, 5.74) is 1.18. The molecular weight excluding hydrogens is 284 g/mol. The molecule has 1 atom stereocenters. The van der Waals surface area contributed by atoms with Gasteiger partial charge in [-0.05, 0) is 63.0 Å². The van der Waals surface area contributed by atoms with Crippen molar-refractivity contribution in [2.24, 2.45) is 5.92 Å². The number of piperidine rings is 1. The van der Waals surface area contributed by atoms with E-state index in [1.807, 2.05) is 18.2 Å². The molecule has 1 fully saturated rings. The minimum atomic E-state index is 0.760. The molecule has 118 valence electrons. The molecular formula is C17H27ClN2O. The lowest BCUT2D eigenvalue weighted by Crippen LogP contribution is -2.38. The molecule has 1 N–H and O–H groups in total. The van der Waals surface area contributed by atoms with Crippen LogP contribution in [0.1, 0.15) is 31.7 Å². The fourth-order valence-corrected chi connectivity index (χ4v) is 3.30. The fourth-order valence-electron chi connectivity index (χ4n) is 3.11. The summed E-state index contributed by atoms with van der Waals surface area (Å²) in [4.78, 5) is 2.53. The average Bonchev–Trinajstić information content (AvgIpc) is 2.49. The van der Waals surface area contributed by atoms with Crippen molar-refractivity contribution in [2.45, 2.75) is 32.7 Å². The molecule has 21 heavy (non-hydrogen) atoms. The van der Waals surface area contributed by atoms with Gasteiger partial charge < -0.3 is 10.1 Å². The lowest BCUT2D eigenvalue weighted by atomic mass is 9.98. The Kier molecular flexibility index (Phi) is 6.81. The SMILES string of the molecule is CCCN(Cc1cc(Cl)ccc1OC)CC1CCCNC1. The first-order valence-corrected chi connectivity index (χ1v) is 8.36. The van der Waals surface area contributed by atoms with Gasteiger partial charge in [0.2, 0.25) is 0 Å². The molecule has 4 heteroatoms. The zero-order chi connectivity index (χ0) is 15.1. The Hall–Kier alpha value is -0.770. The monoisotopic (exact) mass is 310 g/mol. The summed E-state index contributed by atoms with van der Waals surface area (Å²) in [6.45, 7) is 7.73. The molecule has 0 aromatic heterocycles. The number of rotatable bonds is 7. The maximum Gasteiger partial charge on any atom is 0.123 e. The van der Waals surface area contributed by atoms with Crippen molar-refractivity contribution in [3.8, 4) is 5.75 Å². The highest BCUT2D eigenvalue weighted by Gasteiger charge is 2.18. The molecule has 3 nitrogen and oxygen atoms in total.